The summed E-state index contributed by atoms with van der Waals surface area (Å²) in [5.41, 5.74) is 0. The van der Waals surface area contributed by atoms with Gasteiger partial charge in [-0.15, -0.1) is 19.7 Å². The molecule has 2 fully saturated rings. The third kappa shape index (κ3) is 6.45. The first kappa shape index (κ1) is 18.5. The molecule has 0 saturated heterocycles. The van der Waals surface area contributed by atoms with Gasteiger partial charge in [-0.3, -0.25) is 0 Å². The van der Waals surface area contributed by atoms with Crippen LogP contribution in [0, 0.1) is 23.7 Å². The van der Waals surface area contributed by atoms with Gasteiger partial charge in [0.15, 0.2) is 0 Å². The fourth-order valence-corrected chi connectivity index (χ4v) is 3.61. The molecule has 0 amide bonds. The van der Waals surface area contributed by atoms with E-state index in [0.717, 1.165) is 23.7 Å². The Hall–Kier alpha value is -0.520. The van der Waals surface area contributed by atoms with Gasteiger partial charge >= 0.3 is 0 Å². The van der Waals surface area contributed by atoms with Gasteiger partial charge in [0.1, 0.15) is 0 Å². The largest absolute Gasteiger partial charge is 0.106 e. The van der Waals surface area contributed by atoms with E-state index >= 15 is 0 Å². The van der Waals surface area contributed by atoms with Gasteiger partial charge in [-0.2, -0.15) is 0 Å². The van der Waals surface area contributed by atoms with E-state index in [1.54, 1.807) is 0 Å². The summed E-state index contributed by atoms with van der Waals surface area (Å²) in [5.74, 6) is 3.98. The summed E-state index contributed by atoms with van der Waals surface area (Å²) in [5, 5.41) is 0. The third-order valence-electron chi connectivity index (χ3n) is 4.88. The molecule has 0 heterocycles. The molecule has 116 valence electrons. The molecule has 0 aromatic carbocycles. The predicted molar refractivity (Wildman–Crippen MR) is 93.6 cm³/mol. The van der Waals surface area contributed by atoms with Crippen LogP contribution in [0.3, 0.4) is 0 Å². The van der Waals surface area contributed by atoms with Crippen LogP contribution in [0.4, 0.5) is 0 Å². The molecular formula is C19H40. The molecule has 0 aliphatic heterocycles. The second kappa shape index (κ2) is 11.3. The Balaban J connectivity index is -0.000000499. The van der Waals surface area contributed by atoms with Crippen molar-refractivity contribution in [2.75, 3.05) is 0 Å². The lowest BCUT2D eigenvalue weighted by atomic mass is 9.69. The lowest BCUT2D eigenvalue weighted by Gasteiger charge is -2.36. The molecule has 0 aromatic rings. The van der Waals surface area contributed by atoms with Crippen LogP contribution in [0.2, 0.25) is 0 Å². The summed E-state index contributed by atoms with van der Waals surface area (Å²) in [7, 11) is 0. The van der Waals surface area contributed by atoms with E-state index in [-0.39, 0.29) is 2.85 Å². The maximum absolute atomic E-state index is 3.93. The van der Waals surface area contributed by atoms with Gasteiger partial charge in [0.25, 0.3) is 0 Å². The monoisotopic (exact) mass is 268 g/mol. The van der Waals surface area contributed by atoms with E-state index in [1.807, 2.05) is 13.8 Å². The van der Waals surface area contributed by atoms with E-state index < -0.39 is 0 Å². The molecule has 0 unspecified atom stereocenters. The zero-order valence-electron chi connectivity index (χ0n) is 13.7. The summed E-state index contributed by atoms with van der Waals surface area (Å²) in [6.45, 7) is 16.4. The highest BCUT2D eigenvalue weighted by Crippen LogP contribution is 2.41. The molecule has 2 saturated carbocycles. The molecule has 0 bridgehead atoms. The van der Waals surface area contributed by atoms with Crippen LogP contribution in [0.5, 0.6) is 0 Å². The van der Waals surface area contributed by atoms with Crippen molar-refractivity contribution in [3.05, 3.63) is 25.8 Å². The van der Waals surface area contributed by atoms with Crippen molar-refractivity contribution in [2.24, 2.45) is 23.7 Å². The van der Waals surface area contributed by atoms with Crippen LogP contribution < -0.4 is 0 Å². The molecule has 2 aliphatic carbocycles. The fourth-order valence-electron chi connectivity index (χ4n) is 3.61. The van der Waals surface area contributed by atoms with E-state index in [0.29, 0.717) is 0 Å². The molecular weight excluding hydrogens is 228 g/mol. The van der Waals surface area contributed by atoms with Gasteiger partial charge in [-0.25, -0.2) is 0 Å². The second-order valence-electron chi connectivity index (χ2n) is 5.93. The number of hydrogen-bond donors (Lipinski definition) is 0. The topological polar surface area (TPSA) is 0 Å². The Labute approximate surface area is 125 Å². The average molecular weight is 269 g/mol. The van der Waals surface area contributed by atoms with Crippen molar-refractivity contribution in [1.29, 1.82) is 0 Å². The molecule has 2 aliphatic rings. The Kier molecular flexibility index (Phi) is 11.0. The van der Waals surface area contributed by atoms with Crippen LogP contribution >= 0.6 is 0 Å². The Bertz CT molecular complexity index is 212. The van der Waals surface area contributed by atoms with Crippen LogP contribution in [0.1, 0.15) is 75.0 Å². The van der Waals surface area contributed by atoms with Crippen LogP contribution in [-0.4, -0.2) is 0 Å². The van der Waals surface area contributed by atoms with Gasteiger partial charge in [0.2, 0.25) is 0 Å². The summed E-state index contributed by atoms with van der Waals surface area (Å²) in [6.07, 6.45) is 14.0. The Morgan fingerprint density at radius 3 is 1.53 bits per heavy atom. The van der Waals surface area contributed by atoms with Crippen molar-refractivity contribution in [2.45, 2.75) is 72.1 Å². The quantitative estimate of drug-likeness (QED) is 0.467. The van der Waals surface area contributed by atoms with Gasteiger partial charge in [0.05, 0.1) is 0 Å². The average Bonchev–Trinajstić information content (AvgIpc) is 2.52. The van der Waals surface area contributed by atoms with E-state index in [9.17, 15) is 0 Å². The highest BCUT2D eigenvalue weighted by Gasteiger charge is 2.28. The smallest absolute Gasteiger partial charge is 0 e. The van der Waals surface area contributed by atoms with E-state index in [1.165, 1.54) is 51.4 Å². The number of hydrogen-bond acceptors (Lipinski definition) is 0. The van der Waals surface area contributed by atoms with Crippen LogP contribution in [0.25, 0.3) is 0 Å². The first-order valence-electron chi connectivity index (χ1n) is 8.42. The lowest BCUT2D eigenvalue weighted by Crippen LogP contribution is -2.24. The minimum Gasteiger partial charge on any atom is -0.106 e. The van der Waals surface area contributed by atoms with Gasteiger partial charge < -0.3 is 0 Å². The third-order valence-corrected chi connectivity index (χ3v) is 4.88. The lowest BCUT2D eigenvalue weighted by molar-refractivity contribution is 0.160. The molecule has 0 heteroatoms. The molecule has 0 radical (unpaired) electrons. The van der Waals surface area contributed by atoms with Crippen molar-refractivity contribution >= 4 is 0 Å². The minimum atomic E-state index is 0. The standard InChI is InChI=1S/C15H26.C2H6.C2H4.2H2/c1-3-13-6-10-15(11-7-13)14-8-4-12(2)5-9-14;2*1-2;;/h3,12-15H,1,4-11H2,2H3;1-2H3;1-2H2;2*1H. The highest BCUT2D eigenvalue weighted by atomic mass is 14.3. The Morgan fingerprint density at radius 1 is 0.789 bits per heavy atom. The predicted octanol–water partition coefficient (Wildman–Crippen LogP) is 7.13. The zero-order chi connectivity index (χ0) is 14.7. The first-order valence-corrected chi connectivity index (χ1v) is 8.42. The molecule has 0 atom stereocenters. The number of allylic oxidation sites excluding steroid dienone is 1. The van der Waals surface area contributed by atoms with Crippen molar-refractivity contribution in [3.8, 4) is 0 Å². The van der Waals surface area contributed by atoms with Gasteiger partial charge in [-0.05, 0) is 62.2 Å². The summed E-state index contributed by atoms with van der Waals surface area (Å²) >= 11 is 0. The molecule has 2 rings (SSSR count). The Morgan fingerprint density at radius 2 is 1.16 bits per heavy atom. The normalized spacial score (nSPS) is 34.1. The fraction of sp³-hybridized carbons (Fsp3) is 0.789. The van der Waals surface area contributed by atoms with Crippen LogP contribution in [0.15, 0.2) is 25.8 Å². The summed E-state index contributed by atoms with van der Waals surface area (Å²) in [6, 6.07) is 0. The van der Waals surface area contributed by atoms with Crippen molar-refractivity contribution < 1.29 is 2.85 Å². The first-order chi connectivity index (χ1) is 9.29. The maximum Gasteiger partial charge on any atom is 0 e. The minimum absolute atomic E-state index is 0. The zero-order valence-corrected chi connectivity index (χ0v) is 13.7. The van der Waals surface area contributed by atoms with Crippen molar-refractivity contribution in [3.63, 3.8) is 0 Å². The molecule has 0 nitrogen and oxygen atoms in total. The molecule has 0 N–H and O–H groups in total. The maximum atomic E-state index is 3.93. The van der Waals surface area contributed by atoms with E-state index in [4.69, 9.17) is 0 Å². The van der Waals surface area contributed by atoms with E-state index in [2.05, 4.69) is 32.7 Å². The molecule has 0 spiro atoms. The molecule has 19 heavy (non-hydrogen) atoms. The van der Waals surface area contributed by atoms with Crippen molar-refractivity contribution in [1.82, 2.24) is 0 Å². The SMILES string of the molecule is C=C.C=CC1CCC(C2CCC(C)CC2)CC1.CC.[HH].[HH]. The molecule has 0 aromatic heterocycles. The second-order valence-corrected chi connectivity index (χ2v) is 5.93. The van der Waals surface area contributed by atoms with Crippen LogP contribution in [-0.2, 0) is 0 Å². The number of rotatable bonds is 2. The van der Waals surface area contributed by atoms with Gasteiger partial charge in [-0.1, -0.05) is 39.7 Å². The van der Waals surface area contributed by atoms with Gasteiger partial charge in [0, 0.05) is 2.85 Å². The summed E-state index contributed by atoms with van der Waals surface area (Å²) < 4.78 is 0. The summed E-state index contributed by atoms with van der Waals surface area (Å²) in [4.78, 5) is 0. The highest BCUT2D eigenvalue weighted by molar-refractivity contribution is 4.87.